The zero-order valence-corrected chi connectivity index (χ0v) is 11.8. The van der Waals surface area contributed by atoms with Gasteiger partial charge in [0.05, 0.1) is 19.6 Å². The second kappa shape index (κ2) is 7.67. The number of hydrogen-bond donors (Lipinski definition) is 1. The first-order valence-electron chi connectivity index (χ1n) is 6.46. The van der Waals surface area contributed by atoms with E-state index in [0.717, 1.165) is 0 Å². The van der Waals surface area contributed by atoms with E-state index < -0.39 is 11.9 Å². The minimum Gasteiger partial charge on any atom is -0.478 e. The van der Waals surface area contributed by atoms with Gasteiger partial charge in [-0.05, 0) is 26.0 Å². The number of hydrogen-bond acceptors (Lipinski definition) is 4. The third kappa shape index (κ3) is 4.68. The Morgan fingerprint density at radius 2 is 1.75 bits per heavy atom. The average molecular weight is 280 g/mol. The number of carboxylic acids is 1. The summed E-state index contributed by atoms with van der Waals surface area (Å²) in [5.41, 5.74) is -0.0390. The van der Waals surface area contributed by atoms with Gasteiger partial charge in [-0.25, -0.2) is 4.79 Å². The summed E-state index contributed by atoms with van der Waals surface area (Å²) in [6.07, 6.45) is -0.0844. The first kappa shape index (κ1) is 16.2. The smallest absolute Gasteiger partial charge is 0.331 e. The van der Waals surface area contributed by atoms with Crippen LogP contribution in [0.4, 0.5) is 0 Å². The van der Waals surface area contributed by atoms with Gasteiger partial charge in [0.2, 0.25) is 0 Å². The number of benzene rings is 1. The SMILES string of the molecule is C=C(CC(OCC)(OCC)Oc1ccccc1)C(=O)O. The maximum atomic E-state index is 11.0. The van der Waals surface area contributed by atoms with Gasteiger partial charge >= 0.3 is 11.9 Å². The van der Waals surface area contributed by atoms with Crippen LogP contribution in [0.1, 0.15) is 20.3 Å². The van der Waals surface area contributed by atoms with Gasteiger partial charge in [0.1, 0.15) is 5.75 Å². The molecule has 5 heteroatoms. The Bertz CT molecular complexity index is 435. The number of carboxylic acid groups (broad SMARTS) is 1. The fourth-order valence-electron chi connectivity index (χ4n) is 1.68. The Morgan fingerprint density at radius 3 is 2.20 bits per heavy atom. The van der Waals surface area contributed by atoms with Gasteiger partial charge in [-0.3, -0.25) is 0 Å². The predicted octanol–water partition coefficient (Wildman–Crippen LogP) is 2.82. The standard InChI is InChI=1S/C15H20O5/c1-4-18-15(19-5-2,11-12(3)14(16)17)20-13-9-7-6-8-10-13/h6-10H,3-5,11H2,1-2H3,(H,16,17). The van der Waals surface area contributed by atoms with E-state index in [2.05, 4.69) is 6.58 Å². The first-order valence-corrected chi connectivity index (χ1v) is 6.46. The van der Waals surface area contributed by atoms with Crippen LogP contribution >= 0.6 is 0 Å². The molecule has 0 atom stereocenters. The summed E-state index contributed by atoms with van der Waals surface area (Å²) in [5.74, 6) is -2.04. The van der Waals surface area contributed by atoms with Crippen molar-refractivity contribution in [2.45, 2.75) is 26.2 Å². The molecule has 1 N–H and O–H groups in total. The maximum Gasteiger partial charge on any atom is 0.331 e. The van der Waals surface area contributed by atoms with Gasteiger partial charge in [-0.2, -0.15) is 0 Å². The molecule has 0 heterocycles. The lowest BCUT2D eigenvalue weighted by atomic mass is 10.2. The first-order chi connectivity index (χ1) is 9.53. The van der Waals surface area contributed by atoms with Gasteiger partial charge in [-0.15, -0.1) is 0 Å². The molecule has 0 aromatic heterocycles. The van der Waals surface area contributed by atoms with Crippen molar-refractivity contribution >= 4 is 5.97 Å². The largest absolute Gasteiger partial charge is 0.478 e. The van der Waals surface area contributed by atoms with E-state index in [-0.39, 0.29) is 12.0 Å². The molecule has 0 aliphatic rings. The van der Waals surface area contributed by atoms with Crippen LogP contribution in [0.5, 0.6) is 5.75 Å². The van der Waals surface area contributed by atoms with E-state index in [0.29, 0.717) is 19.0 Å². The molecule has 1 aromatic rings. The average Bonchev–Trinajstić information content (AvgIpc) is 2.40. The summed E-state index contributed by atoms with van der Waals surface area (Å²) in [4.78, 5) is 11.0. The van der Waals surface area contributed by atoms with Crippen LogP contribution in [-0.4, -0.2) is 30.3 Å². The zero-order valence-electron chi connectivity index (χ0n) is 11.8. The second-order valence-corrected chi connectivity index (χ2v) is 4.05. The summed E-state index contributed by atoms with van der Waals surface area (Å²) < 4.78 is 16.8. The van der Waals surface area contributed by atoms with E-state index in [1.165, 1.54) is 0 Å². The van der Waals surface area contributed by atoms with Crippen molar-refractivity contribution in [2.24, 2.45) is 0 Å². The highest BCUT2D eigenvalue weighted by Gasteiger charge is 2.36. The molecule has 1 aromatic carbocycles. The molecule has 0 saturated carbocycles. The quantitative estimate of drug-likeness (QED) is 0.556. The van der Waals surface area contributed by atoms with Crippen LogP contribution in [0, 0.1) is 0 Å². The molecule has 0 amide bonds. The minimum atomic E-state index is -1.47. The Labute approximate surface area is 118 Å². The molecule has 5 nitrogen and oxygen atoms in total. The number of para-hydroxylation sites is 1. The number of carbonyl (C=O) groups is 1. The molecule has 0 saturated heterocycles. The van der Waals surface area contributed by atoms with Crippen molar-refractivity contribution in [1.82, 2.24) is 0 Å². The van der Waals surface area contributed by atoms with Crippen molar-refractivity contribution in [3.05, 3.63) is 42.5 Å². The van der Waals surface area contributed by atoms with Crippen molar-refractivity contribution < 1.29 is 24.1 Å². The van der Waals surface area contributed by atoms with Crippen molar-refractivity contribution in [3.8, 4) is 5.75 Å². The zero-order chi connectivity index (χ0) is 15.0. The van der Waals surface area contributed by atoms with Gasteiger partial charge < -0.3 is 19.3 Å². The van der Waals surface area contributed by atoms with E-state index in [4.69, 9.17) is 19.3 Å². The molecule has 0 unspecified atom stereocenters. The van der Waals surface area contributed by atoms with Gasteiger partial charge in [0, 0.05) is 5.57 Å². The van der Waals surface area contributed by atoms with E-state index in [1.54, 1.807) is 26.0 Å². The summed E-state index contributed by atoms with van der Waals surface area (Å²) in [5, 5.41) is 8.98. The summed E-state index contributed by atoms with van der Waals surface area (Å²) in [6.45, 7) is 7.71. The molecule has 0 aliphatic heterocycles. The van der Waals surface area contributed by atoms with Crippen LogP contribution in [0.2, 0.25) is 0 Å². The van der Waals surface area contributed by atoms with Crippen molar-refractivity contribution in [3.63, 3.8) is 0 Å². The fraction of sp³-hybridized carbons (Fsp3) is 0.400. The number of rotatable bonds is 9. The molecule has 0 bridgehead atoms. The van der Waals surface area contributed by atoms with E-state index in [1.807, 2.05) is 18.2 Å². The number of ether oxygens (including phenoxy) is 3. The molecule has 0 radical (unpaired) electrons. The lowest BCUT2D eigenvalue weighted by molar-refractivity contribution is -0.339. The van der Waals surface area contributed by atoms with E-state index in [9.17, 15) is 4.79 Å². The summed E-state index contributed by atoms with van der Waals surface area (Å²) in [7, 11) is 0. The third-order valence-corrected chi connectivity index (χ3v) is 2.48. The highest BCUT2D eigenvalue weighted by Crippen LogP contribution is 2.27. The Hall–Kier alpha value is -1.85. The Kier molecular flexibility index (Phi) is 6.21. The van der Waals surface area contributed by atoms with Crippen molar-refractivity contribution in [1.29, 1.82) is 0 Å². The molecule has 0 fully saturated rings. The van der Waals surface area contributed by atoms with Crippen molar-refractivity contribution in [2.75, 3.05) is 13.2 Å². The van der Waals surface area contributed by atoms with Gasteiger partial charge in [0.15, 0.2) is 0 Å². The summed E-state index contributed by atoms with van der Waals surface area (Å²) >= 11 is 0. The third-order valence-electron chi connectivity index (χ3n) is 2.48. The molecular weight excluding hydrogens is 260 g/mol. The lowest BCUT2D eigenvalue weighted by Crippen LogP contribution is -2.43. The minimum absolute atomic E-state index is 0.0390. The highest BCUT2D eigenvalue weighted by atomic mass is 16.9. The van der Waals surface area contributed by atoms with Crippen LogP contribution in [0.25, 0.3) is 0 Å². The predicted molar refractivity (Wildman–Crippen MR) is 74.4 cm³/mol. The highest BCUT2D eigenvalue weighted by molar-refractivity contribution is 5.85. The van der Waals surface area contributed by atoms with Crippen LogP contribution < -0.4 is 4.74 Å². The molecule has 20 heavy (non-hydrogen) atoms. The molecule has 0 spiro atoms. The van der Waals surface area contributed by atoms with Crippen LogP contribution in [0.3, 0.4) is 0 Å². The van der Waals surface area contributed by atoms with E-state index >= 15 is 0 Å². The summed E-state index contributed by atoms with van der Waals surface area (Å²) in [6, 6.07) is 8.96. The van der Waals surface area contributed by atoms with Crippen LogP contribution in [0.15, 0.2) is 42.5 Å². The monoisotopic (exact) mass is 280 g/mol. The van der Waals surface area contributed by atoms with Gasteiger partial charge in [-0.1, -0.05) is 24.8 Å². The molecule has 0 aliphatic carbocycles. The molecule has 1 rings (SSSR count). The second-order valence-electron chi connectivity index (χ2n) is 4.05. The number of aliphatic carboxylic acids is 1. The van der Waals surface area contributed by atoms with Gasteiger partial charge in [0.25, 0.3) is 0 Å². The van der Waals surface area contributed by atoms with Crippen LogP contribution in [-0.2, 0) is 14.3 Å². The maximum absolute atomic E-state index is 11.0. The Balaban J connectivity index is 2.97. The molecule has 110 valence electrons. The fourth-order valence-corrected chi connectivity index (χ4v) is 1.68. The topological polar surface area (TPSA) is 65.0 Å². The lowest BCUT2D eigenvalue weighted by Gasteiger charge is -2.33. The Morgan fingerprint density at radius 1 is 1.20 bits per heavy atom. The normalized spacial score (nSPS) is 11.1. The molecular formula is C15H20O5.